The lowest BCUT2D eigenvalue weighted by molar-refractivity contribution is 0.634. The largest absolute Gasteiger partial charge is 0.317 e. The van der Waals surface area contributed by atoms with Gasteiger partial charge in [0.25, 0.3) is 0 Å². The third-order valence-corrected chi connectivity index (χ3v) is 3.30. The summed E-state index contributed by atoms with van der Waals surface area (Å²) in [7, 11) is -0.245. The van der Waals surface area contributed by atoms with Crippen molar-refractivity contribution < 1.29 is 0 Å². The van der Waals surface area contributed by atoms with Gasteiger partial charge in [-0.25, -0.2) is 10.0 Å². The van der Waals surface area contributed by atoms with Crippen molar-refractivity contribution in [3.8, 4) is 0 Å². The molecule has 0 aliphatic carbocycles. The van der Waals surface area contributed by atoms with Crippen molar-refractivity contribution in [3.63, 3.8) is 0 Å². The molecule has 12 heavy (non-hydrogen) atoms. The molecule has 76 valence electrons. The molecule has 0 heterocycles. The number of nitrogens with one attached hydrogen (secondary N) is 1. The van der Waals surface area contributed by atoms with Crippen LogP contribution >= 0.6 is 10.0 Å². The van der Waals surface area contributed by atoms with Gasteiger partial charge in [-0.15, -0.1) is 0 Å². The molecule has 0 aromatic heterocycles. The fourth-order valence-electron chi connectivity index (χ4n) is 1.09. The highest BCUT2D eigenvalue weighted by atomic mass is 32.3. The molecule has 0 spiro atoms. The predicted molar refractivity (Wildman–Crippen MR) is 62.6 cm³/mol. The van der Waals surface area contributed by atoms with Crippen molar-refractivity contribution >= 4 is 10.0 Å². The molecule has 0 aliphatic heterocycles. The minimum atomic E-state index is -0.245. The van der Waals surface area contributed by atoms with Crippen molar-refractivity contribution in [1.82, 2.24) is 5.32 Å². The Morgan fingerprint density at radius 3 is 2.17 bits per heavy atom. The third-order valence-electron chi connectivity index (χ3n) is 1.79. The summed E-state index contributed by atoms with van der Waals surface area (Å²) in [5, 5.41) is 3.43. The molecule has 0 rings (SSSR count). The van der Waals surface area contributed by atoms with Crippen molar-refractivity contribution in [2.45, 2.75) is 26.2 Å². The molecule has 0 saturated heterocycles. The monoisotopic (exact) mass is 191 g/mol. The molecule has 0 bridgehead atoms. The van der Waals surface area contributed by atoms with Gasteiger partial charge in [-0.3, -0.25) is 0 Å². The van der Waals surface area contributed by atoms with Crippen LogP contribution in [0.1, 0.15) is 26.2 Å². The summed E-state index contributed by atoms with van der Waals surface area (Å²) in [5.41, 5.74) is 0. The van der Waals surface area contributed by atoms with E-state index in [4.69, 9.17) is 0 Å². The zero-order valence-electron chi connectivity index (χ0n) is 9.15. The number of rotatable bonds is 7. The summed E-state index contributed by atoms with van der Waals surface area (Å²) < 4.78 is 0. The van der Waals surface area contributed by atoms with E-state index in [0.29, 0.717) is 0 Å². The maximum absolute atomic E-state index is 3.43. The zero-order valence-corrected chi connectivity index (χ0v) is 9.97. The highest BCUT2D eigenvalue weighted by Gasteiger charge is 2.01. The van der Waals surface area contributed by atoms with Crippen LogP contribution in [-0.2, 0) is 0 Å². The second kappa shape index (κ2) is 6.79. The lowest BCUT2D eigenvalue weighted by atomic mass is 10.3. The molecule has 0 aliphatic rings. The van der Waals surface area contributed by atoms with Gasteiger partial charge in [-0.2, -0.15) is 0 Å². The van der Waals surface area contributed by atoms with Crippen LogP contribution in [-0.4, -0.2) is 37.6 Å². The van der Waals surface area contributed by atoms with E-state index in [0.717, 1.165) is 0 Å². The van der Waals surface area contributed by atoms with E-state index in [9.17, 15) is 0 Å². The molecule has 0 saturated carbocycles. The van der Waals surface area contributed by atoms with Gasteiger partial charge in [0.2, 0.25) is 0 Å². The van der Waals surface area contributed by atoms with Crippen LogP contribution in [0.4, 0.5) is 0 Å². The predicted octanol–water partition coefficient (Wildman–Crippen LogP) is 2.46. The van der Waals surface area contributed by atoms with E-state index < -0.39 is 0 Å². The van der Waals surface area contributed by atoms with Crippen LogP contribution in [0.3, 0.4) is 0 Å². The average molecular weight is 191 g/mol. The lowest BCUT2D eigenvalue weighted by Crippen LogP contribution is -2.16. The maximum atomic E-state index is 3.43. The van der Waals surface area contributed by atoms with E-state index >= 15 is 0 Å². The first-order valence-electron chi connectivity index (χ1n) is 4.93. The van der Waals surface area contributed by atoms with E-state index in [1.54, 1.807) is 0 Å². The molecule has 0 unspecified atom stereocenters. The molecule has 0 amide bonds. The quantitative estimate of drug-likeness (QED) is 0.610. The fourth-order valence-corrected chi connectivity index (χ4v) is 2.16. The molecular formula is C10H25NS. The Morgan fingerprint density at radius 1 is 1.00 bits per heavy atom. The van der Waals surface area contributed by atoms with E-state index in [-0.39, 0.29) is 10.0 Å². The molecule has 0 atom stereocenters. The van der Waals surface area contributed by atoms with Gasteiger partial charge in [-0.05, 0) is 56.9 Å². The second-order valence-corrected chi connectivity index (χ2v) is 8.84. The Balaban J connectivity index is 3.01. The maximum Gasteiger partial charge on any atom is -0.00486 e. The molecule has 0 aromatic carbocycles. The first kappa shape index (κ1) is 12.3. The average Bonchev–Trinajstić information content (AvgIpc) is 1.94. The number of hydrogen-bond acceptors (Lipinski definition) is 1. The molecule has 1 nitrogen and oxygen atoms in total. The van der Waals surface area contributed by atoms with Gasteiger partial charge in [0.1, 0.15) is 0 Å². The minimum Gasteiger partial charge on any atom is -0.317 e. The second-order valence-electron chi connectivity index (χ2n) is 4.25. The van der Waals surface area contributed by atoms with Gasteiger partial charge in [0.15, 0.2) is 0 Å². The van der Waals surface area contributed by atoms with Gasteiger partial charge >= 0.3 is 0 Å². The fraction of sp³-hybridized carbons (Fsp3) is 1.00. The smallest absolute Gasteiger partial charge is 0.00486 e. The zero-order chi connectivity index (χ0) is 9.45. The summed E-state index contributed by atoms with van der Waals surface area (Å²) in [6.45, 7) is 4.61. The van der Waals surface area contributed by atoms with E-state index in [1.165, 1.54) is 38.1 Å². The van der Waals surface area contributed by atoms with Crippen LogP contribution < -0.4 is 5.32 Å². The highest BCUT2D eigenvalue weighted by Crippen LogP contribution is 2.35. The molecule has 0 radical (unpaired) electrons. The Morgan fingerprint density at radius 2 is 1.67 bits per heavy atom. The summed E-state index contributed by atoms with van der Waals surface area (Å²) in [5.74, 6) is 1.43. The van der Waals surface area contributed by atoms with Gasteiger partial charge in [0.05, 0.1) is 0 Å². The van der Waals surface area contributed by atoms with Crippen LogP contribution in [0.25, 0.3) is 0 Å². The molecule has 0 fully saturated rings. The SMILES string of the molecule is CCCNCCCCS(C)(C)C. The van der Waals surface area contributed by atoms with Crippen LogP contribution in [0.15, 0.2) is 0 Å². The van der Waals surface area contributed by atoms with Crippen molar-refractivity contribution in [2.75, 3.05) is 37.6 Å². The first-order chi connectivity index (χ1) is 5.56. The topological polar surface area (TPSA) is 12.0 Å². The summed E-state index contributed by atoms with van der Waals surface area (Å²) in [4.78, 5) is 0. The summed E-state index contributed by atoms with van der Waals surface area (Å²) in [6.07, 6.45) is 11.2. The lowest BCUT2D eigenvalue weighted by Gasteiger charge is -2.24. The standard InChI is InChI=1S/C10H25NS/c1-5-8-11-9-6-7-10-12(2,3)4/h11H,5-10H2,1-4H3. The number of unbranched alkanes of at least 4 members (excludes halogenated alkanes) is 1. The van der Waals surface area contributed by atoms with E-state index in [2.05, 4.69) is 31.0 Å². The Bertz CT molecular complexity index is 96.5. The Kier molecular flexibility index (Phi) is 6.96. The minimum absolute atomic E-state index is 0.245. The van der Waals surface area contributed by atoms with Crippen molar-refractivity contribution in [1.29, 1.82) is 0 Å². The molecular weight excluding hydrogens is 166 g/mol. The number of hydrogen-bond donors (Lipinski definition) is 1. The van der Waals surface area contributed by atoms with Crippen molar-refractivity contribution in [3.05, 3.63) is 0 Å². The van der Waals surface area contributed by atoms with Gasteiger partial charge in [-0.1, -0.05) is 6.92 Å². The van der Waals surface area contributed by atoms with Crippen molar-refractivity contribution in [2.24, 2.45) is 0 Å². The van der Waals surface area contributed by atoms with Crippen LogP contribution in [0.5, 0.6) is 0 Å². The van der Waals surface area contributed by atoms with Crippen LogP contribution in [0, 0.1) is 0 Å². The van der Waals surface area contributed by atoms with Gasteiger partial charge < -0.3 is 5.32 Å². The third kappa shape index (κ3) is 10.3. The Hall–Kier alpha value is 0.310. The summed E-state index contributed by atoms with van der Waals surface area (Å²) >= 11 is 0. The highest BCUT2D eigenvalue weighted by molar-refractivity contribution is 8.32. The summed E-state index contributed by atoms with van der Waals surface area (Å²) in [6, 6.07) is 0. The molecule has 2 heteroatoms. The van der Waals surface area contributed by atoms with Gasteiger partial charge in [0, 0.05) is 0 Å². The molecule has 0 aromatic rings. The first-order valence-corrected chi connectivity index (χ1v) is 7.95. The Labute approximate surface area is 79.6 Å². The normalized spacial score (nSPS) is 13.3. The van der Waals surface area contributed by atoms with Crippen LogP contribution in [0.2, 0.25) is 0 Å². The van der Waals surface area contributed by atoms with E-state index in [1.807, 2.05) is 0 Å². The molecule has 1 N–H and O–H groups in total.